The highest BCUT2D eigenvalue weighted by atomic mass is 35.5. The molecular formula is C5H8Cl2O. The number of rotatable bonds is 0. The zero-order valence-corrected chi connectivity index (χ0v) is 5.95. The summed E-state index contributed by atoms with van der Waals surface area (Å²) < 4.78 is 5.03. The summed E-state index contributed by atoms with van der Waals surface area (Å²) in [4.78, 5) is 0. The van der Waals surface area contributed by atoms with E-state index in [0.717, 1.165) is 12.8 Å². The van der Waals surface area contributed by atoms with Crippen LogP contribution in [0, 0.1) is 0 Å². The monoisotopic (exact) mass is 154 g/mol. The van der Waals surface area contributed by atoms with Gasteiger partial charge in [0.05, 0.1) is 0 Å². The summed E-state index contributed by atoms with van der Waals surface area (Å²) >= 11 is 11.4. The fraction of sp³-hybridized carbons (Fsp3) is 1.00. The molecule has 0 aromatic heterocycles. The van der Waals surface area contributed by atoms with Crippen molar-refractivity contribution in [2.75, 3.05) is 6.61 Å². The van der Waals surface area contributed by atoms with Gasteiger partial charge in [0, 0.05) is 18.4 Å². The van der Waals surface area contributed by atoms with E-state index >= 15 is 0 Å². The van der Waals surface area contributed by atoms with Crippen LogP contribution in [0.4, 0.5) is 0 Å². The number of hydrogen-bond donors (Lipinski definition) is 0. The molecule has 1 aliphatic heterocycles. The van der Waals surface area contributed by atoms with E-state index in [1.807, 2.05) is 0 Å². The molecule has 1 rings (SSSR count). The molecule has 2 atom stereocenters. The van der Waals surface area contributed by atoms with Gasteiger partial charge in [-0.25, -0.2) is 0 Å². The average molecular weight is 155 g/mol. The van der Waals surface area contributed by atoms with Crippen LogP contribution in [0.3, 0.4) is 0 Å². The van der Waals surface area contributed by atoms with Crippen LogP contribution in [0.5, 0.6) is 0 Å². The summed E-state index contributed by atoms with van der Waals surface area (Å²) in [5, 5.41) is 0.228. The van der Waals surface area contributed by atoms with Gasteiger partial charge in [0.25, 0.3) is 0 Å². The van der Waals surface area contributed by atoms with Crippen LogP contribution in [0.1, 0.15) is 12.8 Å². The van der Waals surface area contributed by atoms with E-state index in [2.05, 4.69) is 0 Å². The maximum Gasteiger partial charge on any atom is 0.132 e. The quantitative estimate of drug-likeness (QED) is 0.486. The van der Waals surface area contributed by atoms with Crippen LogP contribution >= 0.6 is 23.2 Å². The molecule has 1 nitrogen and oxygen atoms in total. The molecule has 0 radical (unpaired) electrons. The van der Waals surface area contributed by atoms with E-state index in [1.54, 1.807) is 0 Å². The molecule has 0 N–H and O–H groups in total. The highest BCUT2D eigenvalue weighted by molar-refractivity contribution is 6.23. The third kappa shape index (κ3) is 1.81. The third-order valence-electron chi connectivity index (χ3n) is 1.17. The molecule has 0 amide bonds. The summed E-state index contributed by atoms with van der Waals surface area (Å²) in [6.07, 6.45) is 1.72. The number of alkyl halides is 2. The second kappa shape index (κ2) is 2.90. The Bertz CT molecular complexity index is 68.8. The Balaban J connectivity index is 2.23. The Morgan fingerprint density at radius 3 is 2.50 bits per heavy atom. The molecule has 0 saturated carbocycles. The molecule has 0 aromatic carbocycles. The smallest absolute Gasteiger partial charge is 0.132 e. The summed E-state index contributed by atoms with van der Waals surface area (Å²) in [6.45, 7) is 0.711. The van der Waals surface area contributed by atoms with E-state index in [-0.39, 0.29) is 10.9 Å². The van der Waals surface area contributed by atoms with Crippen molar-refractivity contribution in [1.82, 2.24) is 0 Å². The van der Waals surface area contributed by atoms with Gasteiger partial charge in [0.1, 0.15) is 5.56 Å². The Labute approximate surface area is 58.9 Å². The van der Waals surface area contributed by atoms with Gasteiger partial charge in [-0.05, 0) is 6.42 Å². The molecule has 1 fully saturated rings. The first-order chi connectivity index (χ1) is 3.79. The highest BCUT2D eigenvalue weighted by Crippen LogP contribution is 2.20. The normalized spacial score (nSPS) is 39.8. The van der Waals surface area contributed by atoms with Gasteiger partial charge in [-0.2, -0.15) is 0 Å². The largest absolute Gasteiger partial charge is 0.362 e. The van der Waals surface area contributed by atoms with Crippen LogP contribution in [0.2, 0.25) is 0 Å². The van der Waals surface area contributed by atoms with Crippen molar-refractivity contribution < 1.29 is 4.74 Å². The van der Waals surface area contributed by atoms with E-state index in [0.29, 0.717) is 6.61 Å². The zero-order chi connectivity index (χ0) is 5.98. The Kier molecular flexibility index (Phi) is 2.42. The predicted molar refractivity (Wildman–Crippen MR) is 34.5 cm³/mol. The first-order valence-corrected chi connectivity index (χ1v) is 3.56. The maximum atomic E-state index is 5.75. The first-order valence-electron chi connectivity index (χ1n) is 2.69. The number of ether oxygens (including phenoxy) is 1. The molecule has 2 unspecified atom stereocenters. The topological polar surface area (TPSA) is 9.23 Å². The van der Waals surface area contributed by atoms with E-state index < -0.39 is 0 Å². The SMILES string of the molecule is ClC1CCOC(Cl)C1. The molecule has 1 heterocycles. The van der Waals surface area contributed by atoms with Gasteiger partial charge in [-0.15, -0.1) is 11.6 Å². The van der Waals surface area contributed by atoms with Gasteiger partial charge in [-0.3, -0.25) is 0 Å². The molecule has 48 valence electrons. The minimum absolute atomic E-state index is 0.147. The Morgan fingerprint density at radius 2 is 2.12 bits per heavy atom. The fourth-order valence-electron chi connectivity index (χ4n) is 0.711. The lowest BCUT2D eigenvalue weighted by molar-refractivity contribution is 0.0700. The van der Waals surface area contributed by atoms with E-state index in [9.17, 15) is 0 Å². The van der Waals surface area contributed by atoms with Crippen molar-refractivity contribution in [3.05, 3.63) is 0 Å². The minimum Gasteiger partial charge on any atom is -0.362 e. The zero-order valence-electron chi connectivity index (χ0n) is 4.44. The van der Waals surface area contributed by atoms with Gasteiger partial charge in [0.2, 0.25) is 0 Å². The Morgan fingerprint density at radius 1 is 1.38 bits per heavy atom. The molecule has 0 spiro atoms. The molecule has 1 aliphatic rings. The average Bonchev–Trinajstić information content (AvgIpc) is 1.64. The molecular weight excluding hydrogens is 147 g/mol. The molecule has 0 aromatic rings. The van der Waals surface area contributed by atoms with Crippen molar-refractivity contribution in [3.8, 4) is 0 Å². The fourth-order valence-corrected chi connectivity index (χ4v) is 1.36. The standard InChI is InChI=1S/C5H8Cl2O/c6-4-1-2-8-5(7)3-4/h4-5H,1-3H2. The van der Waals surface area contributed by atoms with E-state index in [4.69, 9.17) is 27.9 Å². The second-order valence-corrected chi connectivity index (χ2v) is 3.01. The number of hydrogen-bond acceptors (Lipinski definition) is 1. The van der Waals surface area contributed by atoms with Gasteiger partial charge in [0.15, 0.2) is 0 Å². The lowest BCUT2D eigenvalue weighted by Gasteiger charge is -2.20. The van der Waals surface area contributed by atoms with Gasteiger partial charge in [-0.1, -0.05) is 11.6 Å². The van der Waals surface area contributed by atoms with Crippen molar-refractivity contribution in [1.29, 1.82) is 0 Å². The van der Waals surface area contributed by atoms with Crippen molar-refractivity contribution >= 4 is 23.2 Å². The first kappa shape index (κ1) is 6.66. The van der Waals surface area contributed by atoms with Crippen LogP contribution in [-0.4, -0.2) is 17.5 Å². The minimum atomic E-state index is -0.147. The van der Waals surface area contributed by atoms with E-state index in [1.165, 1.54) is 0 Å². The van der Waals surface area contributed by atoms with Crippen molar-refractivity contribution in [2.24, 2.45) is 0 Å². The molecule has 3 heteroatoms. The Hall–Kier alpha value is 0.540. The van der Waals surface area contributed by atoms with Gasteiger partial charge < -0.3 is 4.74 Å². The van der Waals surface area contributed by atoms with Crippen LogP contribution in [0.25, 0.3) is 0 Å². The summed E-state index contributed by atoms with van der Waals surface area (Å²) in [6, 6.07) is 0. The molecule has 0 aliphatic carbocycles. The summed E-state index contributed by atoms with van der Waals surface area (Å²) in [5.41, 5.74) is -0.147. The van der Waals surface area contributed by atoms with Crippen LogP contribution < -0.4 is 0 Å². The summed E-state index contributed by atoms with van der Waals surface area (Å²) in [7, 11) is 0. The molecule has 0 bridgehead atoms. The predicted octanol–water partition coefficient (Wildman–Crippen LogP) is 1.97. The molecule has 8 heavy (non-hydrogen) atoms. The van der Waals surface area contributed by atoms with Gasteiger partial charge >= 0.3 is 0 Å². The maximum absolute atomic E-state index is 5.75. The third-order valence-corrected chi connectivity index (χ3v) is 1.87. The molecule has 1 saturated heterocycles. The van der Waals surface area contributed by atoms with Crippen LogP contribution in [-0.2, 0) is 4.74 Å². The second-order valence-electron chi connectivity index (χ2n) is 1.90. The van der Waals surface area contributed by atoms with Crippen molar-refractivity contribution in [3.63, 3.8) is 0 Å². The van der Waals surface area contributed by atoms with Crippen molar-refractivity contribution in [2.45, 2.75) is 23.8 Å². The summed E-state index contributed by atoms with van der Waals surface area (Å²) in [5.74, 6) is 0. The number of halogens is 2. The highest BCUT2D eigenvalue weighted by Gasteiger charge is 2.17. The lowest BCUT2D eigenvalue weighted by Crippen LogP contribution is -2.21. The lowest BCUT2D eigenvalue weighted by atomic mass is 10.2. The van der Waals surface area contributed by atoms with Crippen LogP contribution in [0.15, 0.2) is 0 Å².